The topological polar surface area (TPSA) is 9.23 Å². The summed E-state index contributed by atoms with van der Waals surface area (Å²) in [5, 5.41) is 0. The van der Waals surface area contributed by atoms with E-state index >= 15 is 0 Å². The smallest absolute Gasteiger partial charge is 0.189 e. The van der Waals surface area contributed by atoms with Crippen LogP contribution in [-0.4, -0.2) is 14.9 Å². The number of hydrogen-bond acceptors (Lipinski definition) is 1. The lowest BCUT2D eigenvalue weighted by Gasteiger charge is -2.13. The van der Waals surface area contributed by atoms with Crippen LogP contribution in [0, 0.1) is 6.55 Å². The van der Waals surface area contributed by atoms with Gasteiger partial charge in [-0.05, 0) is 26.6 Å². The van der Waals surface area contributed by atoms with Crippen LogP contribution in [0.4, 0.5) is 0 Å². The molecule has 0 bridgehead atoms. The molecule has 0 aliphatic carbocycles. The molecule has 0 aromatic carbocycles. The van der Waals surface area contributed by atoms with Gasteiger partial charge in [0.05, 0.1) is 0 Å². The molecule has 0 heterocycles. The van der Waals surface area contributed by atoms with Gasteiger partial charge in [0.15, 0.2) is 8.32 Å². The zero-order valence-corrected chi connectivity index (χ0v) is 6.19. The maximum Gasteiger partial charge on any atom is 0.189 e. The zero-order valence-electron chi connectivity index (χ0n) is 5.19. The molecule has 0 amide bonds. The first-order chi connectivity index (χ1) is 3.06. The molecule has 1 nitrogen and oxygen atoms in total. The summed E-state index contributed by atoms with van der Waals surface area (Å²) in [6, 6.07) is 0. The Balaban J connectivity index is 3.15. The molecule has 0 spiro atoms. The summed E-state index contributed by atoms with van der Waals surface area (Å²) >= 11 is 0. The van der Waals surface area contributed by atoms with E-state index in [4.69, 9.17) is 11.0 Å². The molecule has 7 heavy (non-hydrogen) atoms. The zero-order chi connectivity index (χ0) is 5.91. The van der Waals surface area contributed by atoms with E-state index in [2.05, 4.69) is 0 Å². The van der Waals surface area contributed by atoms with Crippen LogP contribution in [0.5, 0.6) is 0 Å². The third kappa shape index (κ3) is 6.18. The molecule has 0 aromatic heterocycles. The first-order valence-corrected chi connectivity index (χ1v) is 5.47. The van der Waals surface area contributed by atoms with E-state index < -0.39 is 8.32 Å². The van der Waals surface area contributed by atoms with E-state index in [1.165, 1.54) is 0 Å². The summed E-state index contributed by atoms with van der Waals surface area (Å²) in [6.07, 6.45) is 0. The third-order valence-corrected chi connectivity index (χ3v) is 1.55. The Morgan fingerprint density at radius 1 is 1.57 bits per heavy atom. The Kier molecular flexibility index (Phi) is 2.54. The van der Waals surface area contributed by atoms with Gasteiger partial charge in [0.25, 0.3) is 0 Å². The Hall–Kier alpha value is 0.177. The van der Waals surface area contributed by atoms with Crippen LogP contribution in [0.15, 0.2) is 0 Å². The van der Waals surface area contributed by atoms with Gasteiger partial charge in [-0.25, -0.2) is 0 Å². The van der Waals surface area contributed by atoms with Crippen molar-refractivity contribution in [3.63, 3.8) is 0 Å². The molecule has 2 radical (unpaired) electrons. The Morgan fingerprint density at radius 2 is 2.00 bits per heavy atom. The second kappa shape index (κ2) is 2.48. The largest absolute Gasteiger partial charge is 0.417 e. The van der Waals surface area contributed by atoms with Crippen molar-refractivity contribution in [3.8, 4) is 0 Å². The highest BCUT2D eigenvalue weighted by Gasteiger charge is 2.11. The van der Waals surface area contributed by atoms with Crippen molar-refractivity contribution in [2.75, 3.05) is 6.61 Å². The average Bonchev–Trinajstić information content (AvgIpc) is 1.30. The van der Waals surface area contributed by atoms with E-state index in [0.29, 0.717) is 0 Å². The van der Waals surface area contributed by atoms with Crippen molar-refractivity contribution >= 4 is 8.32 Å². The van der Waals surface area contributed by atoms with Gasteiger partial charge < -0.3 is 4.43 Å². The minimum absolute atomic E-state index is 0.746. The molecule has 0 saturated heterocycles. The molecule has 0 unspecified atom stereocenters. The highest BCUT2D eigenvalue weighted by Crippen LogP contribution is 1.98. The van der Waals surface area contributed by atoms with Crippen LogP contribution in [0.25, 0.3) is 0 Å². The van der Waals surface area contributed by atoms with Gasteiger partial charge in [0.2, 0.25) is 0 Å². The Labute approximate surface area is 46.8 Å². The minimum atomic E-state index is -1.66. The summed E-state index contributed by atoms with van der Waals surface area (Å²) < 4.78 is 5.15. The van der Waals surface area contributed by atoms with Gasteiger partial charge in [-0.3, -0.25) is 0 Å². The van der Waals surface area contributed by atoms with E-state index in [-0.39, 0.29) is 0 Å². The predicted molar refractivity (Wildman–Crippen MR) is 33.4 cm³/mol. The molecule has 0 saturated carbocycles. The SMILES string of the molecule is [CH][Si](C)(C)OCC. The van der Waals surface area contributed by atoms with Crippen LogP contribution >= 0.6 is 0 Å². The summed E-state index contributed by atoms with van der Waals surface area (Å²) in [6.45, 7) is 12.2. The molecular weight excluding hydrogens is 104 g/mol. The fourth-order valence-corrected chi connectivity index (χ4v) is 1.12. The van der Waals surface area contributed by atoms with E-state index in [9.17, 15) is 0 Å². The second-order valence-corrected chi connectivity index (χ2v) is 5.53. The predicted octanol–water partition coefficient (Wildman–Crippen LogP) is 1.48. The minimum Gasteiger partial charge on any atom is -0.417 e. The van der Waals surface area contributed by atoms with Crippen LogP contribution in [0.2, 0.25) is 13.1 Å². The van der Waals surface area contributed by atoms with Crippen LogP contribution in [0.1, 0.15) is 6.92 Å². The summed E-state index contributed by atoms with van der Waals surface area (Å²) in [4.78, 5) is 0. The highest BCUT2D eigenvalue weighted by atomic mass is 28.4. The third-order valence-electron chi connectivity index (χ3n) is 0.516. The van der Waals surface area contributed by atoms with Gasteiger partial charge in [0, 0.05) is 6.61 Å². The van der Waals surface area contributed by atoms with E-state index in [1.807, 2.05) is 20.0 Å². The van der Waals surface area contributed by atoms with Crippen molar-refractivity contribution < 1.29 is 4.43 Å². The molecule has 2 heteroatoms. The maximum absolute atomic E-state index is 5.56. The number of hydrogen-bond donors (Lipinski definition) is 0. The Bertz CT molecular complexity index is 46.5. The monoisotopic (exact) mass is 116 g/mol. The van der Waals surface area contributed by atoms with Crippen molar-refractivity contribution in [2.24, 2.45) is 0 Å². The van der Waals surface area contributed by atoms with Gasteiger partial charge in [-0.2, -0.15) is 0 Å². The van der Waals surface area contributed by atoms with Gasteiger partial charge in [-0.1, -0.05) is 0 Å². The first kappa shape index (κ1) is 7.18. The number of rotatable bonds is 2. The molecular formula is C5H12OSi. The van der Waals surface area contributed by atoms with E-state index in [0.717, 1.165) is 6.61 Å². The molecule has 0 aromatic rings. The van der Waals surface area contributed by atoms with E-state index in [1.54, 1.807) is 0 Å². The molecule has 42 valence electrons. The lowest BCUT2D eigenvalue weighted by atomic mass is 10.9. The molecule has 0 atom stereocenters. The highest BCUT2D eigenvalue weighted by molar-refractivity contribution is 6.72. The lowest BCUT2D eigenvalue weighted by molar-refractivity contribution is 0.337. The second-order valence-electron chi connectivity index (χ2n) is 2.04. The van der Waals surface area contributed by atoms with Gasteiger partial charge in [0.1, 0.15) is 0 Å². The first-order valence-electron chi connectivity index (χ1n) is 2.49. The average molecular weight is 116 g/mol. The standard InChI is InChI=1S/C5H12OSi/c1-5-6-7(2,3)4/h2H,5H2,1,3-4H3. The van der Waals surface area contributed by atoms with Crippen LogP contribution < -0.4 is 0 Å². The molecule has 0 aliphatic rings. The van der Waals surface area contributed by atoms with Gasteiger partial charge in [-0.15, -0.1) is 0 Å². The fourth-order valence-electron chi connectivity index (χ4n) is 0.372. The quantitative estimate of drug-likeness (QED) is 0.496. The summed E-state index contributed by atoms with van der Waals surface area (Å²) in [5.74, 6) is 0. The Morgan fingerprint density at radius 3 is 2.00 bits per heavy atom. The summed E-state index contributed by atoms with van der Waals surface area (Å²) in [7, 11) is -1.66. The van der Waals surface area contributed by atoms with Gasteiger partial charge >= 0.3 is 0 Å². The molecule has 0 aliphatic heterocycles. The fraction of sp³-hybridized carbons (Fsp3) is 0.800. The van der Waals surface area contributed by atoms with Crippen LogP contribution in [-0.2, 0) is 4.43 Å². The lowest BCUT2D eigenvalue weighted by Crippen LogP contribution is -2.25. The molecule has 0 N–H and O–H groups in total. The summed E-state index contributed by atoms with van der Waals surface area (Å²) in [5.41, 5.74) is 0. The molecule has 0 fully saturated rings. The maximum atomic E-state index is 5.56. The van der Waals surface area contributed by atoms with Crippen molar-refractivity contribution in [1.29, 1.82) is 0 Å². The van der Waals surface area contributed by atoms with Crippen molar-refractivity contribution in [1.82, 2.24) is 0 Å². The van der Waals surface area contributed by atoms with Crippen molar-refractivity contribution in [2.45, 2.75) is 20.0 Å². The van der Waals surface area contributed by atoms with Crippen LogP contribution in [0.3, 0.4) is 0 Å². The van der Waals surface area contributed by atoms with Crippen molar-refractivity contribution in [3.05, 3.63) is 6.55 Å². The molecule has 0 rings (SSSR count). The normalized spacial score (nSPS) is 12.0.